The zero-order valence-electron chi connectivity index (χ0n) is 18.3. The molecule has 10 nitrogen and oxygen atoms in total. The first-order valence-electron chi connectivity index (χ1n) is 10.0. The van der Waals surface area contributed by atoms with Crippen molar-refractivity contribution in [2.45, 2.75) is 11.4 Å². The Morgan fingerprint density at radius 3 is 2.24 bits per heavy atom. The van der Waals surface area contributed by atoms with Crippen LogP contribution in [0.2, 0.25) is 0 Å². The molecule has 0 aliphatic carbocycles. The van der Waals surface area contributed by atoms with E-state index in [1.54, 1.807) is 12.1 Å². The molecular formula is C22H23N7O3S. The normalized spacial score (nSPS) is 11.8. The van der Waals surface area contributed by atoms with Crippen LogP contribution in [0.15, 0.2) is 64.0 Å². The number of sulfonamides is 1. The number of hydrogen-bond acceptors (Lipinski definition) is 9. The summed E-state index contributed by atoms with van der Waals surface area (Å²) in [7, 11) is 1.33. The van der Waals surface area contributed by atoms with Crippen molar-refractivity contribution in [3.63, 3.8) is 0 Å². The van der Waals surface area contributed by atoms with E-state index in [0.29, 0.717) is 17.1 Å². The quantitative estimate of drug-likeness (QED) is 0.421. The minimum atomic E-state index is -3.52. The predicted molar refractivity (Wildman–Crippen MR) is 124 cm³/mol. The van der Waals surface area contributed by atoms with Gasteiger partial charge < -0.3 is 15.5 Å². The van der Waals surface area contributed by atoms with Crippen LogP contribution in [0.25, 0.3) is 34.3 Å². The molecule has 4 rings (SSSR count). The van der Waals surface area contributed by atoms with E-state index < -0.39 is 10.0 Å². The zero-order chi connectivity index (χ0) is 23.6. The van der Waals surface area contributed by atoms with Crippen molar-refractivity contribution in [1.29, 1.82) is 0 Å². The van der Waals surface area contributed by atoms with Crippen molar-refractivity contribution in [2.24, 2.45) is 0 Å². The second-order valence-electron chi connectivity index (χ2n) is 7.44. The van der Waals surface area contributed by atoms with Crippen LogP contribution in [0.4, 0.5) is 5.82 Å². The number of benzene rings is 2. The van der Waals surface area contributed by atoms with Crippen LogP contribution in [0.3, 0.4) is 0 Å². The highest BCUT2D eigenvalue weighted by molar-refractivity contribution is 7.89. The molecule has 0 aliphatic rings. The van der Waals surface area contributed by atoms with Gasteiger partial charge in [-0.15, -0.1) is 10.2 Å². The highest BCUT2D eigenvalue weighted by Gasteiger charge is 2.19. The fraction of sp³-hybridized carbons (Fsp3) is 0.182. The second-order valence-corrected chi connectivity index (χ2v) is 9.59. The molecule has 11 heteroatoms. The average Bonchev–Trinajstić information content (AvgIpc) is 3.30. The van der Waals surface area contributed by atoms with Gasteiger partial charge in [0.1, 0.15) is 0 Å². The van der Waals surface area contributed by atoms with Crippen molar-refractivity contribution < 1.29 is 12.8 Å². The highest BCUT2D eigenvalue weighted by atomic mass is 32.2. The van der Waals surface area contributed by atoms with Crippen molar-refractivity contribution in [3.8, 4) is 34.3 Å². The Morgan fingerprint density at radius 1 is 0.970 bits per heavy atom. The van der Waals surface area contributed by atoms with Crippen LogP contribution in [-0.4, -0.2) is 54.0 Å². The van der Waals surface area contributed by atoms with E-state index in [4.69, 9.17) is 10.2 Å². The largest absolute Gasteiger partial charge is 0.414 e. The van der Waals surface area contributed by atoms with Crippen LogP contribution in [-0.2, 0) is 16.6 Å². The fourth-order valence-corrected chi connectivity index (χ4v) is 4.01. The third kappa shape index (κ3) is 4.60. The number of anilines is 1. The molecule has 0 atom stereocenters. The average molecular weight is 466 g/mol. The van der Waals surface area contributed by atoms with E-state index in [1.807, 2.05) is 31.3 Å². The summed E-state index contributed by atoms with van der Waals surface area (Å²) in [6.07, 6.45) is 1.51. The number of hydrogen-bond donors (Lipinski definition) is 2. The summed E-state index contributed by atoms with van der Waals surface area (Å²) in [6, 6.07) is 14.1. The second kappa shape index (κ2) is 9.06. The molecule has 170 valence electrons. The summed E-state index contributed by atoms with van der Waals surface area (Å²) in [4.78, 5) is 8.92. The first-order chi connectivity index (χ1) is 15.8. The maximum Gasteiger partial charge on any atom is 0.270 e. The van der Waals surface area contributed by atoms with Crippen molar-refractivity contribution in [1.82, 2.24) is 29.8 Å². The third-order valence-electron chi connectivity index (χ3n) is 4.94. The van der Waals surface area contributed by atoms with Gasteiger partial charge in [0.25, 0.3) is 5.89 Å². The van der Waals surface area contributed by atoms with E-state index in [0.717, 1.165) is 22.0 Å². The summed E-state index contributed by atoms with van der Waals surface area (Å²) in [5.74, 6) is 0.624. The van der Waals surface area contributed by atoms with Crippen molar-refractivity contribution >= 4 is 15.8 Å². The molecule has 2 aromatic heterocycles. The van der Waals surface area contributed by atoms with E-state index in [1.165, 1.54) is 32.4 Å². The monoisotopic (exact) mass is 465 g/mol. The van der Waals surface area contributed by atoms with Crippen molar-refractivity contribution in [2.75, 3.05) is 26.9 Å². The van der Waals surface area contributed by atoms with Gasteiger partial charge in [-0.1, -0.05) is 24.3 Å². The lowest BCUT2D eigenvalue weighted by atomic mass is 10.1. The molecule has 2 heterocycles. The summed E-state index contributed by atoms with van der Waals surface area (Å²) >= 11 is 0. The molecule has 4 aromatic rings. The lowest BCUT2D eigenvalue weighted by Crippen LogP contribution is -2.22. The Morgan fingerprint density at radius 2 is 1.61 bits per heavy atom. The van der Waals surface area contributed by atoms with Gasteiger partial charge in [-0.05, 0) is 36.9 Å². The minimum absolute atomic E-state index is 0.142. The molecular weight excluding hydrogens is 442 g/mol. The standard InChI is InChI=1S/C22H23N7O3S/c1-24-12-14-4-6-16(7-5-14)21-27-28-22(32-21)19-20(23)25-13-18(26-19)15-8-10-17(11-9-15)33(30,31)29(2)3/h4-11,13,24H,12H2,1-3H3,(H2,23,25). The zero-order valence-corrected chi connectivity index (χ0v) is 19.2. The molecule has 0 bridgehead atoms. The van der Waals surface area contributed by atoms with Crippen LogP contribution in [0.1, 0.15) is 5.56 Å². The molecule has 0 fully saturated rings. The van der Waals surface area contributed by atoms with E-state index in [9.17, 15) is 8.42 Å². The lowest BCUT2D eigenvalue weighted by molar-refractivity contribution is 0.521. The van der Waals surface area contributed by atoms with Gasteiger partial charge in [-0.25, -0.2) is 22.7 Å². The number of rotatable bonds is 7. The van der Waals surface area contributed by atoms with Crippen LogP contribution in [0.5, 0.6) is 0 Å². The Hall–Kier alpha value is -3.67. The molecule has 0 saturated heterocycles. The lowest BCUT2D eigenvalue weighted by Gasteiger charge is -2.11. The molecule has 0 unspecified atom stereocenters. The molecule has 33 heavy (non-hydrogen) atoms. The van der Waals surface area contributed by atoms with Gasteiger partial charge >= 0.3 is 0 Å². The number of aromatic nitrogens is 4. The summed E-state index contributed by atoms with van der Waals surface area (Å²) in [5.41, 5.74) is 9.34. The van der Waals surface area contributed by atoms with Gasteiger partial charge in [0.15, 0.2) is 11.5 Å². The maximum absolute atomic E-state index is 12.3. The van der Waals surface area contributed by atoms with E-state index in [-0.39, 0.29) is 22.3 Å². The molecule has 2 aromatic carbocycles. The first kappa shape index (κ1) is 22.5. The number of nitrogens with zero attached hydrogens (tertiary/aromatic N) is 5. The Bertz CT molecular complexity index is 1370. The Labute approximate surface area is 191 Å². The smallest absolute Gasteiger partial charge is 0.270 e. The van der Waals surface area contributed by atoms with Gasteiger partial charge in [-0.2, -0.15) is 0 Å². The SMILES string of the molecule is CNCc1ccc(-c2nnc(-c3nc(-c4ccc(S(=O)(=O)N(C)C)cc4)cnc3N)o2)cc1. The van der Waals surface area contributed by atoms with Crippen LogP contribution < -0.4 is 11.1 Å². The fourth-order valence-electron chi connectivity index (χ4n) is 3.11. The van der Waals surface area contributed by atoms with Crippen LogP contribution in [0, 0.1) is 0 Å². The van der Waals surface area contributed by atoms with Crippen LogP contribution >= 0.6 is 0 Å². The topological polar surface area (TPSA) is 140 Å². The molecule has 3 N–H and O–H groups in total. The number of nitrogens with two attached hydrogens (primary N) is 1. The molecule has 0 radical (unpaired) electrons. The first-order valence-corrected chi connectivity index (χ1v) is 11.5. The number of nitrogens with one attached hydrogen (secondary N) is 1. The van der Waals surface area contributed by atoms with Crippen molar-refractivity contribution in [3.05, 3.63) is 60.3 Å². The van der Waals surface area contributed by atoms with Gasteiger partial charge in [-0.3, -0.25) is 0 Å². The Balaban J connectivity index is 1.63. The van der Waals surface area contributed by atoms with E-state index in [2.05, 4.69) is 25.5 Å². The van der Waals surface area contributed by atoms with E-state index >= 15 is 0 Å². The summed E-state index contributed by atoms with van der Waals surface area (Å²) < 4.78 is 31.5. The van der Waals surface area contributed by atoms with Gasteiger partial charge in [0.2, 0.25) is 15.9 Å². The summed E-state index contributed by atoms with van der Waals surface area (Å²) in [6.45, 7) is 0.760. The molecule has 0 aliphatic heterocycles. The highest BCUT2D eigenvalue weighted by Crippen LogP contribution is 2.28. The number of nitrogen functional groups attached to an aromatic ring is 1. The predicted octanol–water partition coefficient (Wildman–Crippen LogP) is 2.41. The maximum atomic E-state index is 12.3. The summed E-state index contributed by atoms with van der Waals surface area (Å²) in [5, 5.41) is 11.3. The third-order valence-corrected chi connectivity index (χ3v) is 6.77. The molecule has 0 amide bonds. The van der Waals surface area contributed by atoms with Gasteiger partial charge in [0.05, 0.1) is 16.8 Å². The minimum Gasteiger partial charge on any atom is -0.414 e. The molecule has 0 spiro atoms. The van der Waals surface area contributed by atoms with Gasteiger partial charge in [0, 0.05) is 31.8 Å². The Kier molecular flexibility index (Phi) is 6.18. The molecule has 0 saturated carbocycles.